The van der Waals surface area contributed by atoms with Crippen LogP contribution in [0.15, 0.2) is 54.6 Å². The third-order valence-electron chi connectivity index (χ3n) is 4.25. The second-order valence-electron chi connectivity index (χ2n) is 6.25. The maximum Gasteiger partial charge on any atom is 0.316 e. The molecule has 1 unspecified atom stereocenters. The number of hydrogen-bond donors (Lipinski definition) is 3. The molecule has 6 heteroatoms. The first-order valence-electron chi connectivity index (χ1n) is 8.34. The Morgan fingerprint density at radius 2 is 1.92 bits per heavy atom. The lowest BCUT2D eigenvalue weighted by molar-refractivity contribution is 0.0937. The van der Waals surface area contributed by atoms with E-state index in [1.807, 2.05) is 18.2 Å². The van der Waals surface area contributed by atoms with Gasteiger partial charge < -0.3 is 16.4 Å². The highest BCUT2D eigenvalue weighted by Gasteiger charge is 2.24. The number of likely N-dealkylation sites (tertiary alicyclic amines) is 1. The molecule has 1 fully saturated rings. The normalized spacial score (nSPS) is 17.2. The van der Waals surface area contributed by atoms with Crippen LogP contribution in [0.4, 0.5) is 10.5 Å². The van der Waals surface area contributed by atoms with Gasteiger partial charge in [-0.2, -0.15) is 0 Å². The van der Waals surface area contributed by atoms with Crippen LogP contribution in [-0.4, -0.2) is 36.0 Å². The van der Waals surface area contributed by atoms with E-state index in [0.29, 0.717) is 11.3 Å². The summed E-state index contributed by atoms with van der Waals surface area (Å²) in [7, 11) is 0. The second kappa shape index (κ2) is 7.81. The quantitative estimate of drug-likeness (QED) is 0.781. The molecule has 6 nitrogen and oxygen atoms in total. The van der Waals surface area contributed by atoms with Crippen LogP contribution >= 0.6 is 0 Å². The van der Waals surface area contributed by atoms with E-state index in [2.05, 4.69) is 27.7 Å². The van der Waals surface area contributed by atoms with Gasteiger partial charge in [-0.1, -0.05) is 36.4 Å². The first-order chi connectivity index (χ1) is 12.1. The zero-order valence-corrected chi connectivity index (χ0v) is 13.9. The molecule has 0 aliphatic carbocycles. The van der Waals surface area contributed by atoms with Crippen LogP contribution in [0.3, 0.4) is 0 Å². The van der Waals surface area contributed by atoms with E-state index in [1.54, 1.807) is 24.3 Å². The first-order valence-corrected chi connectivity index (χ1v) is 8.34. The van der Waals surface area contributed by atoms with Crippen LogP contribution in [0.2, 0.25) is 0 Å². The zero-order valence-electron chi connectivity index (χ0n) is 13.9. The Morgan fingerprint density at radius 3 is 2.68 bits per heavy atom. The smallest absolute Gasteiger partial charge is 0.316 e. The molecule has 2 aromatic carbocycles. The van der Waals surface area contributed by atoms with Gasteiger partial charge in [0, 0.05) is 36.9 Å². The summed E-state index contributed by atoms with van der Waals surface area (Å²) in [4.78, 5) is 25.7. The molecule has 3 rings (SSSR count). The third-order valence-corrected chi connectivity index (χ3v) is 4.25. The molecule has 25 heavy (non-hydrogen) atoms. The van der Waals surface area contributed by atoms with Crippen molar-refractivity contribution < 1.29 is 9.59 Å². The Kier molecular flexibility index (Phi) is 5.30. The van der Waals surface area contributed by atoms with Gasteiger partial charge >= 0.3 is 6.03 Å². The Bertz CT molecular complexity index is 748. The Morgan fingerprint density at radius 1 is 1.12 bits per heavy atom. The Balaban J connectivity index is 1.54. The van der Waals surface area contributed by atoms with Crippen LogP contribution in [0.25, 0.3) is 0 Å². The number of nitrogens with one attached hydrogen (secondary N) is 2. The van der Waals surface area contributed by atoms with E-state index in [1.165, 1.54) is 5.56 Å². The number of amides is 3. The van der Waals surface area contributed by atoms with Crippen LogP contribution in [0, 0.1) is 0 Å². The SMILES string of the molecule is NC(=O)Nc1cccc(C(=O)NC2CCN(Cc3ccccc3)C2)c1. The van der Waals surface area contributed by atoms with Crippen molar-refractivity contribution >= 4 is 17.6 Å². The van der Waals surface area contributed by atoms with Gasteiger partial charge in [0.1, 0.15) is 0 Å². The maximum absolute atomic E-state index is 12.4. The number of hydrogen-bond acceptors (Lipinski definition) is 3. The minimum Gasteiger partial charge on any atom is -0.351 e. The summed E-state index contributed by atoms with van der Waals surface area (Å²) in [5.41, 5.74) is 7.40. The fourth-order valence-electron chi connectivity index (χ4n) is 3.08. The topological polar surface area (TPSA) is 87.5 Å². The van der Waals surface area contributed by atoms with Crippen molar-refractivity contribution in [3.05, 3.63) is 65.7 Å². The Labute approximate surface area is 147 Å². The van der Waals surface area contributed by atoms with Gasteiger partial charge in [-0.3, -0.25) is 9.69 Å². The third kappa shape index (κ3) is 4.81. The lowest BCUT2D eigenvalue weighted by atomic mass is 10.1. The van der Waals surface area contributed by atoms with Crippen molar-refractivity contribution in [2.75, 3.05) is 18.4 Å². The number of carbonyl (C=O) groups excluding carboxylic acids is 2. The van der Waals surface area contributed by atoms with E-state index in [9.17, 15) is 9.59 Å². The summed E-state index contributed by atoms with van der Waals surface area (Å²) in [6.07, 6.45) is 0.928. The van der Waals surface area contributed by atoms with Gasteiger partial charge in [0.05, 0.1) is 0 Å². The summed E-state index contributed by atoms with van der Waals surface area (Å²) >= 11 is 0. The number of rotatable bonds is 5. The number of urea groups is 1. The molecular formula is C19H22N4O2. The van der Waals surface area contributed by atoms with Crippen molar-refractivity contribution in [3.8, 4) is 0 Å². The van der Waals surface area contributed by atoms with Gasteiger partial charge in [-0.05, 0) is 30.2 Å². The molecule has 2 aromatic rings. The average molecular weight is 338 g/mol. The molecule has 1 atom stereocenters. The molecule has 0 spiro atoms. The molecule has 0 aromatic heterocycles. The van der Waals surface area contributed by atoms with E-state index in [-0.39, 0.29) is 11.9 Å². The van der Waals surface area contributed by atoms with E-state index < -0.39 is 6.03 Å². The largest absolute Gasteiger partial charge is 0.351 e. The predicted molar refractivity (Wildman–Crippen MR) is 97.2 cm³/mol. The van der Waals surface area contributed by atoms with Gasteiger partial charge in [-0.25, -0.2) is 4.79 Å². The highest BCUT2D eigenvalue weighted by molar-refractivity contribution is 5.96. The number of benzene rings is 2. The van der Waals surface area contributed by atoms with Gasteiger partial charge in [-0.15, -0.1) is 0 Å². The van der Waals surface area contributed by atoms with Crippen LogP contribution in [0.1, 0.15) is 22.3 Å². The molecule has 0 bridgehead atoms. The number of carbonyl (C=O) groups is 2. The molecular weight excluding hydrogens is 316 g/mol. The summed E-state index contributed by atoms with van der Waals surface area (Å²) in [6, 6.07) is 16.6. The standard InChI is InChI=1S/C19H22N4O2/c20-19(25)22-16-8-4-7-15(11-16)18(24)21-17-9-10-23(13-17)12-14-5-2-1-3-6-14/h1-8,11,17H,9-10,12-13H2,(H,21,24)(H3,20,22,25). The minimum atomic E-state index is -0.648. The fourth-order valence-corrected chi connectivity index (χ4v) is 3.08. The van der Waals surface area contributed by atoms with Crippen molar-refractivity contribution in [2.45, 2.75) is 19.0 Å². The van der Waals surface area contributed by atoms with Gasteiger partial charge in [0.25, 0.3) is 5.91 Å². The van der Waals surface area contributed by atoms with Crippen LogP contribution in [-0.2, 0) is 6.54 Å². The summed E-state index contributed by atoms with van der Waals surface area (Å²) in [5.74, 6) is -0.139. The van der Waals surface area contributed by atoms with Crippen molar-refractivity contribution in [3.63, 3.8) is 0 Å². The maximum atomic E-state index is 12.4. The number of nitrogens with zero attached hydrogens (tertiary/aromatic N) is 1. The molecule has 1 heterocycles. The van der Waals surface area contributed by atoms with E-state index in [0.717, 1.165) is 26.1 Å². The monoisotopic (exact) mass is 338 g/mol. The zero-order chi connectivity index (χ0) is 17.6. The first kappa shape index (κ1) is 17.0. The molecule has 4 N–H and O–H groups in total. The fraction of sp³-hybridized carbons (Fsp3) is 0.263. The highest BCUT2D eigenvalue weighted by atomic mass is 16.2. The Hall–Kier alpha value is -2.86. The lowest BCUT2D eigenvalue weighted by Gasteiger charge is -2.17. The summed E-state index contributed by atoms with van der Waals surface area (Å²) < 4.78 is 0. The van der Waals surface area contributed by atoms with Crippen molar-refractivity contribution in [1.82, 2.24) is 10.2 Å². The van der Waals surface area contributed by atoms with Crippen LogP contribution in [0.5, 0.6) is 0 Å². The molecule has 1 aliphatic rings. The minimum absolute atomic E-state index is 0.129. The van der Waals surface area contributed by atoms with Gasteiger partial charge in [0.2, 0.25) is 0 Å². The lowest BCUT2D eigenvalue weighted by Crippen LogP contribution is -2.37. The van der Waals surface area contributed by atoms with E-state index in [4.69, 9.17) is 5.73 Å². The van der Waals surface area contributed by atoms with Crippen molar-refractivity contribution in [2.24, 2.45) is 5.73 Å². The molecule has 1 saturated heterocycles. The average Bonchev–Trinajstić information content (AvgIpc) is 3.02. The van der Waals surface area contributed by atoms with Gasteiger partial charge in [0.15, 0.2) is 0 Å². The molecule has 130 valence electrons. The number of nitrogens with two attached hydrogens (primary N) is 1. The number of anilines is 1. The van der Waals surface area contributed by atoms with Crippen molar-refractivity contribution in [1.29, 1.82) is 0 Å². The second-order valence-corrected chi connectivity index (χ2v) is 6.25. The molecule has 0 saturated carbocycles. The molecule has 0 radical (unpaired) electrons. The van der Waals surface area contributed by atoms with E-state index >= 15 is 0 Å². The molecule has 3 amide bonds. The number of primary amides is 1. The highest BCUT2D eigenvalue weighted by Crippen LogP contribution is 2.15. The summed E-state index contributed by atoms with van der Waals surface area (Å²) in [5, 5.41) is 5.55. The molecule has 1 aliphatic heterocycles. The summed E-state index contributed by atoms with van der Waals surface area (Å²) in [6.45, 7) is 2.69. The van der Waals surface area contributed by atoms with Crippen LogP contribution < -0.4 is 16.4 Å². The predicted octanol–water partition coefficient (Wildman–Crippen LogP) is 2.18.